The maximum atomic E-state index is 14.7. The molecule has 5 aliphatic rings. The first-order valence-electron chi connectivity index (χ1n) is 14.6. The molecule has 3 unspecified atom stereocenters. The maximum absolute atomic E-state index is 14.7. The van der Waals surface area contributed by atoms with Crippen LogP contribution in [0.25, 0.3) is 0 Å². The second-order valence-electron chi connectivity index (χ2n) is 15.4. The molecule has 0 amide bonds. The Morgan fingerprint density at radius 1 is 1.08 bits per heavy atom. The van der Waals surface area contributed by atoms with Gasteiger partial charge < -0.3 is 9.84 Å². The molecule has 1 aliphatic heterocycles. The number of aliphatic hydroxyl groups is 1. The van der Waals surface area contributed by atoms with Gasteiger partial charge in [-0.25, -0.2) is 0 Å². The smallest absolute Gasteiger partial charge is 0.178 e. The van der Waals surface area contributed by atoms with E-state index in [9.17, 15) is 20.0 Å². The van der Waals surface area contributed by atoms with Gasteiger partial charge in [0.05, 0.1) is 18.3 Å². The third-order valence-corrected chi connectivity index (χ3v) is 12.4. The lowest BCUT2D eigenvalue weighted by molar-refractivity contribution is -0.218. The molecule has 5 nitrogen and oxygen atoms in total. The Labute approximate surface area is 223 Å². The summed E-state index contributed by atoms with van der Waals surface area (Å²) in [6.07, 6.45) is 7.65. The van der Waals surface area contributed by atoms with Crippen molar-refractivity contribution in [1.29, 1.82) is 5.26 Å². The average Bonchev–Trinajstić information content (AvgIpc) is 2.96. The Kier molecular flexibility index (Phi) is 5.86. The number of hydrogen-bond acceptors (Lipinski definition) is 5. The summed E-state index contributed by atoms with van der Waals surface area (Å²) in [5, 5.41) is 20.4. The lowest BCUT2D eigenvalue weighted by atomic mass is 9.35. The molecule has 4 fully saturated rings. The number of Topliss-reactive ketones (excluding diaryl/α,β-unsaturated/α-hetero) is 2. The van der Waals surface area contributed by atoms with E-state index in [1.54, 1.807) is 0 Å². The number of rotatable bonds is 3. The van der Waals surface area contributed by atoms with Crippen LogP contribution in [0.15, 0.2) is 11.6 Å². The molecular weight excluding hydrogens is 462 g/mol. The molecule has 1 saturated heterocycles. The van der Waals surface area contributed by atoms with Crippen molar-refractivity contribution in [2.24, 2.45) is 50.7 Å². The molecule has 1 spiro atoms. The maximum Gasteiger partial charge on any atom is 0.178 e. The van der Waals surface area contributed by atoms with Crippen molar-refractivity contribution in [1.82, 2.24) is 0 Å². The predicted molar refractivity (Wildman–Crippen MR) is 142 cm³/mol. The Balaban J connectivity index is 1.67. The van der Waals surface area contributed by atoms with Gasteiger partial charge >= 0.3 is 0 Å². The van der Waals surface area contributed by atoms with E-state index < -0.39 is 16.4 Å². The predicted octanol–water partition coefficient (Wildman–Crippen LogP) is 6.05. The van der Waals surface area contributed by atoms with Gasteiger partial charge in [-0.1, -0.05) is 61.5 Å². The molecule has 5 heteroatoms. The first kappa shape index (κ1) is 27.1. The molecule has 0 aromatic rings. The molecule has 1 N–H and O–H groups in total. The number of hydrogen-bond donors (Lipinski definition) is 1. The number of ketones is 2. The molecule has 0 aromatic carbocycles. The molecule has 5 rings (SSSR count). The van der Waals surface area contributed by atoms with E-state index in [-0.39, 0.29) is 69.8 Å². The molecule has 0 aromatic heterocycles. The fraction of sp³-hybridized carbons (Fsp3) is 0.844. The highest BCUT2D eigenvalue weighted by atomic mass is 16.5. The van der Waals surface area contributed by atoms with Crippen molar-refractivity contribution in [3.63, 3.8) is 0 Å². The fourth-order valence-electron chi connectivity index (χ4n) is 10.9. The van der Waals surface area contributed by atoms with Crippen molar-refractivity contribution in [3.8, 4) is 6.07 Å². The molecule has 37 heavy (non-hydrogen) atoms. The van der Waals surface area contributed by atoms with Gasteiger partial charge in [0.1, 0.15) is 11.7 Å². The van der Waals surface area contributed by atoms with Crippen LogP contribution in [0.1, 0.15) is 100 Å². The minimum Gasteiger partial charge on any atom is -0.394 e. The monoisotopic (exact) mass is 509 g/mol. The molecule has 2 bridgehead atoms. The molecule has 0 radical (unpaired) electrons. The minimum absolute atomic E-state index is 0.0353. The van der Waals surface area contributed by atoms with Crippen molar-refractivity contribution in [2.45, 2.75) is 112 Å². The van der Waals surface area contributed by atoms with E-state index in [1.165, 1.54) is 0 Å². The lowest BCUT2D eigenvalue weighted by Crippen LogP contribution is -2.69. The first-order valence-corrected chi connectivity index (χ1v) is 14.6. The van der Waals surface area contributed by atoms with Gasteiger partial charge in [0.25, 0.3) is 0 Å². The van der Waals surface area contributed by atoms with Gasteiger partial charge in [-0.3, -0.25) is 9.59 Å². The summed E-state index contributed by atoms with van der Waals surface area (Å²) in [7, 11) is 0. The van der Waals surface area contributed by atoms with Crippen LogP contribution in [-0.2, 0) is 14.3 Å². The number of allylic oxidation sites excluding steroid dienone is 2. The van der Waals surface area contributed by atoms with Crippen molar-refractivity contribution >= 4 is 11.6 Å². The topological polar surface area (TPSA) is 87.4 Å². The molecule has 204 valence electrons. The Bertz CT molecular complexity index is 1090. The molecule has 9 atom stereocenters. The number of ether oxygens (including phenoxy) is 1. The lowest BCUT2D eigenvalue weighted by Gasteiger charge is -2.68. The van der Waals surface area contributed by atoms with Gasteiger partial charge in [-0.05, 0) is 66.6 Å². The summed E-state index contributed by atoms with van der Waals surface area (Å²) in [4.78, 5) is 27.9. The van der Waals surface area contributed by atoms with Gasteiger partial charge in [0.2, 0.25) is 0 Å². The van der Waals surface area contributed by atoms with Crippen molar-refractivity contribution in [2.75, 3.05) is 6.61 Å². The highest BCUT2D eigenvalue weighted by Gasteiger charge is 2.77. The Hall–Kier alpha value is -1.51. The van der Waals surface area contributed by atoms with Gasteiger partial charge in [0.15, 0.2) is 11.6 Å². The minimum atomic E-state index is -0.856. The van der Waals surface area contributed by atoms with Crippen LogP contribution in [0.2, 0.25) is 0 Å². The van der Waals surface area contributed by atoms with E-state index in [1.807, 2.05) is 19.9 Å². The van der Waals surface area contributed by atoms with E-state index >= 15 is 0 Å². The highest BCUT2D eigenvalue weighted by molar-refractivity contribution is 6.04. The summed E-state index contributed by atoms with van der Waals surface area (Å²) in [6.45, 7) is 17.5. The van der Waals surface area contributed by atoms with Crippen LogP contribution >= 0.6 is 0 Å². The number of aliphatic hydroxyl groups excluding tert-OH is 1. The second kappa shape index (κ2) is 8.01. The van der Waals surface area contributed by atoms with Crippen molar-refractivity contribution in [3.05, 3.63) is 11.6 Å². The summed E-state index contributed by atoms with van der Waals surface area (Å²) in [5.41, 5.74) is -1.91. The summed E-state index contributed by atoms with van der Waals surface area (Å²) in [5.74, 6) is 0.465. The Morgan fingerprint density at radius 3 is 2.30 bits per heavy atom. The van der Waals surface area contributed by atoms with Gasteiger partial charge in [-0.15, -0.1) is 0 Å². The molecule has 3 saturated carbocycles. The molecule has 1 heterocycles. The highest BCUT2D eigenvalue weighted by Crippen LogP contribution is 2.75. The molecular formula is C32H47NO4. The zero-order valence-corrected chi connectivity index (χ0v) is 24.2. The van der Waals surface area contributed by atoms with Crippen LogP contribution in [0.3, 0.4) is 0 Å². The third-order valence-electron chi connectivity index (χ3n) is 12.4. The van der Waals surface area contributed by atoms with E-state index in [0.717, 1.165) is 38.5 Å². The standard InChI is InChI=1S/C32H47NO4/c1-9-31-13-11-21-29(7)12-10-20-28(5,6)26(36)19(17-33)15-30(20,8)22(29)14-24(35)32(21,37-25(31)18-34)23(31)16-27(2,3)4/h15,20-23,25,34H,9-14,16,18H2,1-8H3/t20-,21?,22-,23?,25?,29-,30-,31-,32+/m0/s1. The number of carbonyl (C=O) groups is 2. The van der Waals surface area contributed by atoms with Gasteiger partial charge in [0, 0.05) is 29.1 Å². The van der Waals surface area contributed by atoms with Crippen molar-refractivity contribution < 1.29 is 19.4 Å². The summed E-state index contributed by atoms with van der Waals surface area (Å²) >= 11 is 0. The zero-order chi connectivity index (χ0) is 27.4. The largest absolute Gasteiger partial charge is 0.394 e. The second-order valence-corrected chi connectivity index (χ2v) is 15.4. The van der Waals surface area contributed by atoms with Crippen LogP contribution in [-0.4, -0.2) is 35.0 Å². The average molecular weight is 510 g/mol. The van der Waals surface area contributed by atoms with E-state index in [4.69, 9.17) is 4.74 Å². The summed E-state index contributed by atoms with van der Waals surface area (Å²) in [6, 6.07) is 2.20. The van der Waals surface area contributed by atoms with Gasteiger partial charge in [-0.2, -0.15) is 5.26 Å². The van der Waals surface area contributed by atoms with Crippen LogP contribution in [0, 0.1) is 62.1 Å². The normalized spacial score (nSPS) is 48.4. The first-order chi connectivity index (χ1) is 17.1. The van der Waals surface area contributed by atoms with Crippen LogP contribution < -0.4 is 0 Å². The van der Waals surface area contributed by atoms with Crippen LogP contribution in [0.4, 0.5) is 0 Å². The number of fused-ring (bicyclic) bond motifs is 5. The van der Waals surface area contributed by atoms with E-state index in [0.29, 0.717) is 6.42 Å². The molecule has 4 aliphatic carbocycles. The number of nitrogens with zero attached hydrogens (tertiary/aromatic N) is 1. The SMILES string of the molecule is CC[C@@]12CCC3[C@](OC1CO)(C(=O)C[C@@H]1[C@@]4(C)C=C(C#N)C(=O)C(C)(C)[C@@H]4CC[C@@]31C)C2CC(C)(C)C. The number of nitriles is 1. The zero-order valence-electron chi connectivity index (χ0n) is 24.2. The van der Waals surface area contributed by atoms with Crippen LogP contribution in [0.5, 0.6) is 0 Å². The third kappa shape index (κ3) is 3.21. The quantitative estimate of drug-likeness (QED) is 0.501. The fourth-order valence-corrected chi connectivity index (χ4v) is 10.9. The summed E-state index contributed by atoms with van der Waals surface area (Å²) < 4.78 is 6.95. The number of carbonyl (C=O) groups excluding carboxylic acids is 2. The van der Waals surface area contributed by atoms with E-state index in [2.05, 4.69) is 47.6 Å². The Morgan fingerprint density at radius 2 is 1.73 bits per heavy atom.